The lowest BCUT2D eigenvalue weighted by molar-refractivity contribution is -0.384. The molecule has 2 aromatic carbocycles. The zero-order chi connectivity index (χ0) is 17.5. The Kier molecular flexibility index (Phi) is 6.48. The molecule has 0 unspecified atom stereocenters. The molecular weight excluding hydrogens is 350 g/mol. The summed E-state index contributed by atoms with van der Waals surface area (Å²) in [7, 11) is 0. The normalized spacial score (nSPS) is 10.2. The van der Waals surface area contributed by atoms with Crippen LogP contribution in [0, 0.1) is 10.1 Å². The first-order valence-corrected chi connectivity index (χ1v) is 7.94. The maximum absolute atomic E-state index is 10.9. The average Bonchev–Trinajstić information content (AvgIpc) is 2.57. The highest BCUT2D eigenvalue weighted by Gasteiger charge is 2.14. The summed E-state index contributed by atoms with van der Waals surface area (Å²) in [4.78, 5) is 12.1. The third kappa shape index (κ3) is 4.89. The van der Waals surface area contributed by atoms with E-state index >= 15 is 0 Å². The summed E-state index contributed by atoms with van der Waals surface area (Å²) >= 11 is 11.4. The van der Waals surface area contributed by atoms with Gasteiger partial charge in [-0.2, -0.15) is 0 Å². The van der Waals surface area contributed by atoms with Gasteiger partial charge in [-0.1, -0.05) is 41.9 Å². The topological polar surface area (TPSA) is 78.6 Å². The fourth-order valence-corrected chi connectivity index (χ4v) is 2.52. The van der Waals surface area contributed by atoms with Crippen molar-refractivity contribution in [2.24, 2.45) is 0 Å². The minimum absolute atomic E-state index is 0.0721. The lowest BCUT2D eigenvalue weighted by atomic mass is 10.2. The van der Waals surface area contributed by atoms with Gasteiger partial charge < -0.3 is 15.3 Å². The second-order valence-corrected chi connectivity index (χ2v) is 5.78. The summed E-state index contributed by atoms with van der Waals surface area (Å²) in [6.45, 7) is 0.754. The predicted octanol–water partition coefficient (Wildman–Crippen LogP) is 3.44. The number of nitro benzene ring substituents is 1. The number of hydrogen-bond acceptors (Lipinski definition) is 4. The summed E-state index contributed by atoms with van der Waals surface area (Å²) in [6, 6.07) is 13.7. The highest BCUT2D eigenvalue weighted by molar-refractivity contribution is 7.80. The smallest absolute Gasteiger partial charge is 0.271 e. The third-order valence-corrected chi connectivity index (χ3v) is 3.97. The van der Waals surface area contributed by atoms with Gasteiger partial charge in [-0.25, -0.2) is 0 Å². The average molecular weight is 366 g/mol. The Hall–Kier alpha value is -2.22. The zero-order valence-electron chi connectivity index (χ0n) is 12.7. The van der Waals surface area contributed by atoms with Gasteiger partial charge in [0.05, 0.1) is 22.2 Å². The second-order valence-electron chi connectivity index (χ2n) is 4.98. The van der Waals surface area contributed by atoms with Gasteiger partial charge in [-0.3, -0.25) is 10.1 Å². The summed E-state index contributed by atoms with van der Waals surface area (Å²) in [5, 5.41) is 23.7. The van der Waals surface area contributed by atoms with E-state index in [0.717, 1.165) is 5.56 Å². The van der Waals surface area contributed by atoms with Crippen molar-refractivity contribution in [1.82, 2.24) is 4.90 Å². The Morgan fingerprint density at radius 3 is 2.62 bits per heavy atom. The van der Waals surface area contributed by atoms with Gasteiger partial charge in [0.15, 0.2) is 5.11 Å². The number of nitrogens with one attached hydrogen (secondary N) is 1. The van der Waals surface area contributed by atoms with Gasteiger partial charge in [0.25, 0.3) is 5.69 Å². The van der Waals surface area contributed by atoms with Crippen LogP contribution in [0.4, 0.5) is 11.4 Å². The van der Waals surface area contributed by atoms with Gasteiger partial charge in [0.2, 0.25) is 0 Å². The summed E-state index contributed by atoms with van der Waals surface area (Å²) in [5.41, 5.74) is 1.30. The molecule has 0 saturated carbocycles. The maximum Gasteiger partial charge on any atom is 0.271 e. The van der Waals surface area contributed by atoms with Crippen LogP contribution in [0.1, 0.15) is 5.56 Å². The van der Waals surface area contributed by atoms with Crippen LogP contribution in [0.25, 0.3) is 0 Å². The van der Waals surface area contributed by atoms with Crippen molar-refractivity contribution in [3.63, 3.8) is 0 Å². The molecule has 24 heavy (non-hydrogen) atoms. The molecular formula is C16H16ClN3O3S. The molecule has 0 aliphatic rings. The summed E-state index contributed by atoms with van der Waals surface area (Å²) < 4.78 is 0. The van der Waals surface area contributed by atoms with Crippen LogP contribution < -0.4 is 5.32 Å². The Bertz CT molecular complexity index is 728. The number of aliphatic hydroxyl groups excluding tert-OH is 1. The molecule has 6 nitrogen and oxygen atoms in total. The molecule has 126 valence electrons. The Morgan fingerprint density at radius 1 is 1.29 bits per heavy atom. The number of thiocarbonyl (C=S) groups is 1. The van der Waals surface area contributed by atoms with Crippen molar-refractivity contribution in [2.75, 3.05) is 18.5 Å². The third-order valence-electron chi connectivity index (χ3n) is 3.28. The summed E-state index contributed by atoms with van der Waals surface area (Å²) in [5.74, 6) is 0. The van der Waals surface area contributed by atoms with Crippen LogP contribution in [0.2, 0.25) is 5.02 Å². The number of benzene rings is 2. The summed E-state index contributed by atoms with van der Waals surface area (Å²) in [6.07, 6.45) is 0. The minimum atomic E-state index is -0.500. The largest absolute Gasteiger partial charge is 0.395 e. The van der Waals surface area contributed by atoms with Crippen LogP contribution in [0.15, 0.2) is 48.5 Å². The molecule has 0 aliphatic carbocycles. The SMILES string of the molecule is O=[N+]([O-])c1ccc(Cl)c(NC(=S)N(CCO)Cc2ccccc2)c1. The number of hydrogen-bond donors (Lipinski definition) is 2. The maximum atomic E-state index is 10.9. The van der Waals surface area contributed by atoms with Gasteiger partial charge in [0, 0.05) is 25.2 Å². The van der Waals surface area contributed by atoms with E-state index in [-0.39, 0.29) is 12.3 Å². The first kappa shape index (κ1) is 18.1. The van der Waals surface area contributed by atoms with Gasteiger partial charge >= 0.3 is 0 Å². The molecule has 0 fully saturated rings. The van der Waals surface area contributed by atoms with Crippen molar-refractivity contribution in [2.45, 2.75) is 6.54 Å². The molecule has 2 rings (SSSR count). The first-order chi connectivity index (χ1) is 11.5. The lowest BCUT2D eigenvalue weighted by Crippen LogP contribution is -2.36. The van der Waals surface area contributed by atoms with Crippen LogP contribution in [0.3, 0.4) is 0 Å². The Morgan fingerprint density at radius 2 is 2.00 bits per heavy atom. The van der Waals surface area contributed by atoms with Crippen LogP contribution in [0.5, 0.6) is 0 Å². The minimum Gasteiger partial charge on any atom is -0.395 e. The van der Waals surface area contributed by atoms with E-state index in [9.17, 15) is 15.2 Å². The molecule has 2 N–H and O–H groups in total. The van der Waals surface area contributed by atoms with Crippen molar-refractivity contribution in [1.29, 1.82) is 0 Å². The fourth-order valence-electron chi connectivity index (χ4n) is 2.09. The molecule has 0 heterocycles. The van der Waals surface area contributed by atoms with Crippen molar-refractivity contribution < 1.29 is 10.0 Å². The molecule has 2 aromatic rings. The fraction of sp³-hybridized carbons (Fsp3) is 0.188. The van der Waals surface area contributed by atoms with E-state index in [2.05, 4.69) is 5.32 Å². The van der Waals surface area contributed by atoms with E-state index in [1.165, 1.54) is 18.2 Å². The molecule has 0 radical (unpaired) electrons. The standard InChI is InChI=1S/C16H16ClN3O3S/c17-14-7-6-13(20(22)23)10-15(14)18-16(24)19(8-9-21)11-12-4-2-1-3-5-12/h1-7,10,21H,8-9,11H2,(H,18,24). The van der Waals surface area contributed by atoms with Crippen molar-refractivity contribution in [3.8, 4) is 0 Å². The lowest BCUT2D eigenvalue weighted by Gasteiger charge is -2.25. The molecule has 0 amide bonds. The van der Waals surface area contributed by atoms with Crippen molar-refractivity contribution in [3.05, 3.63) is 69.2 Å². The predicted molar refractivity (Wildman–Crippen MR) is 98.3 cm³/mol. The van der Waals surface area contributed by atoms with E-state index < -0.39 is 4.92 Å². The van der Waals surface area contributed by atoms with Crippen LogP contribution in [-0.2, 0) is 6.54 Å². The van der Waals surface area contributed by atoms with Crippen LogP contribution >= 0.6 is 23.8 Å². The second kappa shape index (κ2) is 8.58. The Balaban J connectivity index is 2.15. The van der Waals surface area contributed by atoms with Crippen LogP contribution in [-0.4, -0.2) is 33.2 Å². The molecule has 0 aliphatic heterocycles. The van der Waals surface area contributed by atoms with E-state index in [1.807, 2.05) is 30.3 Å². The van der Waals surface area contributed by atoms with E-state index in [4.69, 9.17) is 23.8 Å². The molecule has 0 bridgehead atoms. The molecule has 0 aromatic heterocycles. The van der Waals surface area contributed by atoms with Crippen molar-refractivity contribution >= 4 is 40.3 Å². The van der Waals surface area contributed by atoms with Gasteiger partial charge in [-0.15, -0.1) is 0 Å². The van der Waals surface area contributed by atoms with Gasteiger partial charge in [0.1, 0.15) is 0 Å². The van der Waals surface area contributed by atoms with Gasteiger partial charge in [-0.05, 0) is 23.8 Å². The monoisotopic (exact) mass is 365 g/mol. The highest BCUT2D eigenvalue weighted by atomic mass is 35.5. The first-order valence-electron chi connectivity index (χ1n) is 7.16. The Labute approximate surface area is 149 Å². The molecule has 8 heteroatoms. The quantitative estimate of drug-likeness (QED) is 0.464. The number of anilines is 1. The number of rotatable bonds is 6. The van der Waals surface area contributed by atoms with E-state index in [1.54, 1.807) is 4.90 Å². The molecule has 0 saturated heterocycles. The molecule has 0 spiro atoms. The van der Waals surface area contributed by atoms with E-state index in [0.29, 0.717) is 28.9 Å². The number of nitro groups is 1. The number of halogens is 1. The number of nitrogens with zero attached hydrogens (tertiary/aromatic N) is 2. The highest BCUT2D eigenvalue weighted by Crippen LogP contribution is 2.27. The zero-order valence-corrected chi connectivity index (χ0v) is 14.3. The number of non-ortho nitro benzene ring substituents is 1. The number of aliphatic hydroxyl groups is 1. The molecule has 0 atom stereocenters.